The van der Waals surface area contributed by atoms with Crippen LogP contribution in [-0.4, -0.2) is 11.1 Å². The lowest BCUT2D eigenvalue weighted by atomic mass is 9.96. The van der Waals surface area contributed by atoms with Crippen LogP contribution in [0.15, 0.2) is 54.6 Å². The largest absolute Gasteiger partial charge is 0.481 e. The maximum atomic E-state index is 11.3. The van der Waals surface area contributed by atoms with E-state index in [0.717, 1.165) is 5.56 Å². The molecule has 0 spiro atoms. The van der Waals surface area contributed by atoms with Crippen LogP contribution < -0.4 is 0 Å². The number of rotatable bonds is 3. The van der Waals surface area contributed by atoms with Gasteiger partial charge in [0.15, 0.2) is 0 Å². The molecule has 2 nitrogen and oxygen atoms in total. The molecule has 0 aliphatic rings. The van der Waals surface area contributed by atoms with Gasteiger partial charge in [0.2, 0.25) is 0 Å². The predicted molar refractivity (Wildman–Crippen MR) is 79.8 cm³/mol. The van der Waals surface area contributed by atoms with E-state index in [1.165, 1.54) is 0 Å². The van der Waals surface area contributed by atoms with Gasteiger partial charge in [0.1, 0.15) is 0 Å². The summed E-state index contributed by atoms with van der Waals surface area (Å²) >= 11 is 5.89. The highest BCUT2D eigenvalue weighted by molar-refractivity contribution is 6.30. The summed E-state index contributed by atoms with van der Waals surface area (Å²) in [6.45, 7) is 0. The van der Waals surface area contributed by atoms with Crippen LogP contribution in [0.4, 0.5) is 0 Å². The molecule has 100 valence electrons. The fourth-order valence-electron chi connectivity index (χ4n) is 1.85. The second-order valence-electron chi connectivity index (χ2n) is 4.32. The maximum Gasteiger partial charge on any atom is 0.311 e. The maximum absolute atomic E-state index is 11.3. The van der Waals surface area contributed by atoms with Gasteiger partial charge in [-0.1, -0.05) is 53.8 Å². The Balaban J connectivity index is 2.16. The number of carboxylic acid groups (broad SMARTS) is 1. The van der Waals surface area contributed by atoms with Crippen LogP contribution in [0.5, 0.6) is 0 Å². The van der Waals surface area contributed by atoms with Crippen molar-refractivity contribution in [3.8, 4) is 11.8 Å². The molecule has 3 heteroatoms. The highest BCUT2D eigenvalue weighted by Gasteiger charge is 2.18. The van der Waals surface area contributed by atoms with Crippen molar-refractivity contribution in [1.82, 2.24) is 0 Å². The molecule has 0 aliphatic carbocycles. The molecule has 1 N–H and O–H groups in total. The Morgan fingerprint density at radius 1 is 1.15 bits per heavy atom. The Labute approximate surface area is 123 Å². The van der Waals surface area contributed by atoms with Gasteiger partial charge >= 0.3 is 5.97 Å². The van der Waals surface area contributed by atoms with Gasteiger partial charge in [-0.25, -0.2) is 0 Å². The van der Waals surface area contributed by atoms with Gasteiger partial charge in [-0.3, -0.25) is 4.79 Å². The molecular formula is C17H13ClO2. The van der Waals surface area contributed by atoms with Crippen LogP contribution in [0, 0.1) is 11.8 Å². The Hall–Kier alpha value is -2.24. The molecule has 0 saturated heterocycles. The van der Waals surface area contributed by atoms with Crippen molar-refractivity contribution in [2.45, 2.75) is 12.3 Å². The van der Waals surface area contributed by atoms with E-state index < -0.39 is 11.9 Å². The van der Waals surface area contributed by atoms with Gasteiger partial charge in [-0.05, 0) is 29.8 Å². The smallest absolute Gasteiger partial charge is 0.311 e. The minimum absolute atomic E-state index is 0.255. The van der Waals surface area contributed by atoms with E-state index in [1.807, 2.05) is 30.3 Å². The molecule has 2 aromatic carbocycles. The number of benzene rings is 2. The molecule has 0 radical (unpaired) electrons. The van der Waals surface area contributed by atoms with Crippen molar-refractivity contribution in [3.05, 3.63) is 70.7 Å². The fraction of sp³-hybridized carbons (Fsp3) is 0.118. The Morgan fingerprint density at radius 3 is 2.55 bits per heavy atom. The summed E-state index contributed by atoms with van der Waals surface area (Å²) in [6.07, 6.45) is 0.255. The van der Waals surface area contributed by atoms with Crippen molar-refractivity contribution in [3.63, 3.8) is 0 Å². The molecule has 0 saturated carbocycles. The van der Waals surface area contributed by atoms with Gasteiger partial charge in [-0.15, -0.1) is 0 Å². The fourth-order valence-corrected chi connectivity index (χ4v) is 2.05. The summed E-state index contributed by atoms with van der Waals surface area (Å²) in [5, 5.41) is 9.84. The summed E-state index contributed by atoms with van der Waals surface area (Å²) in [5.41, 5.74) is 1.55. The SMILES string of the molecule is O=C(O)C(CC#Cc1ccccc1)c1cccc(Cl)c1. The molecule has 1 atom stereocenters. The van der Waals surface area contributed by atoms with Crippen LogP contribution in [0.2, 0.25) is 5.02 Å². The Bertz CT molecular complexity index is 653. The van der Waals surface area contributed by atoms with E-state index in [4.69, 9.17) is 11.6 Å². The minimum Gasteiger partial charge on any atom is -0.481 e. The zero-order valence-corrected chi connectivity index (χ0v) is 11.5. The predicted octanol–water partition coefficient (Wildman–Crippen LogP) is 3.95. The lowest BCUT2D eigenvalue weighted by Gasteiger charge is -2.09. The van der Waals surface area contributed by atoms with Crippen molar-refractivity contribution < 1.29 is 9.90 Å². The summed E-state index contributed by atoms with van der Waals surface area (Å²) in [6, 6.07) is 16.4. The first-order valence-electron chi connectivity index (χ1n) is 6.19. The van der Waals surface area contributed by atoms with Crippen molar-refractivity contribution >= 4 is 17.6 Å². The first kappa shape index (κ1) is 14.2. The molecule has 2 rings (SSSR count). The first-order chi connectivity index (χ1) is 9.66. The number of hydrogen-bond donors (Lipinski definition) is 1. The quantitative estimate of drug-likeness (QED) is 0.867. The number of aliphatic carboxylic acids is 1. The first-order valence-corrected chi connectivity index (χ1v) is 6.57. The summed E-state index contributed by atoms with van der Waals surface area (Å²) in [5.74, 6) is 4.34. The zero-order chi connectivity index (χ0) is 14.4. The van der Waals surface area contributed by atoms with Crippen LogP contribution in [0.25, 0.3) is 0 Å². The number of halogens is 1. The van der Waals surface area contributed by atoms with Crippen molar-refractivity contribution in [2.24, 2.45) is 0 Å². The summed E-state index contributed by atoms with van der Waals surface area (Å²) in [7, 11) is 0. The van der Waals surface area contributed by atoms with E-state index in [0.29, 0.717) is 10.6 Å². The van der Waals surface area contributed by atoms with Crippen LogP contribution in [-0.2, 0) is 4.79 Å². The molecule has 20 heavy (non-hydrogen) atoms. The van der Waals surface area contributed by atoms with Gasteiger partial charge in [0, 0.05) is 17.0 Å². The Kier molecular flexibility index (Phi) is 4.81. The van der Waals surface area contributed by atoms with E-state index in [9.17, 15) is 9.90 Å². The number of carboxylic acids is 1. The third-order valence-corrected chi connectivity index (χ3v) is 3.10. The van der Waals surface area contributed by atoms with Crippen LogP contribution in [0.3, 0.4) is 0 Å². The molecule has 2 aromatic rings. The van der Waals surface area contributed by atoms with Crippen LogP contribution in [0.1, 0.15) is 23.5 Å². The highest BCUT2D eigenvalue weighted by atomic mass is 35.5. The van der Waals surface area contributed by atoms with Crippen molar-refractivity contribution in [1.29, 1.82) is 0 Å². The second kappa shape index (κ2) is 6.79. The lowest BCUT2D eigenvalue weighted by molar-refractivity contribution is -0.138. The molecular weight excluding hydrogens is 272 g/mol. The van der Waals surface area contributed by atoms with E-state index in [1.54, 1.807) is 24.3 Å². The monoisotopic (exact) mass is 284 g/mol. The standard InChI is InChI=1S/C17H13ClO2/c18-15-10-5-9-14(12-15)16(17(19)20)11-4-8-13-6-2-1-3-7-13/h1-3,5-7,9-10,12,16H,11H2,(H,19,20). The van der Waals surface area contributed by atoms with Crippen molar-refractivity contribution in [2.75, 3.05) is 0 Å². The van der Waals surface area contributed by atoms with Crippen LogP contribution >= 0.6 is 11.6 Å². The molecule has 0 aliphatic heterocycles. The Morgan fingerprint density at radius 2 is 1.90 bits per heavy atom. The molecule has 0 aromatic heterocycles. The van der Waals surface area contributed by atoms with Gasteiger partial charge in [0.05, 0.1) is 5.92 Å². The highest BCUT2D eigenvalue weighted by Crippen LogP contribution is 2.22. The van der Waals surface area contributed by atoms with E-state index in [2.05, 4.69) is 11.8 Å². The topological polar surface area (TPSA) is 37.3 Å². The van der Waals surface area contributed by atoms with Gasteiger partial charge in [0.25, 0.3) is 0 Å². The molecule has 0 bridgehead atoms. The second-order valence-corrected chi connectivity index (χ2v) is 4.75. The summed E-state index contributed by atoms with van der Waals surface area (Å²) in [4.78, 5) is 11.3. The third-order valence-electron chi connectivity index (χ3n) is 2.86. The van der Waals surface area contributed by atoms with Gasteiger partial charge in [-0.2, -0.15) is 0 Å². The minimum atomic E-state index is -0.894. The average Bonchev–Trinajstić information content (AvgIpc) is 2.44. The van der Waals surface area contributed by atoms with Gasteiger partial charge < -0.3 is 5.11 Å². The number of carbonyl (C=O) groups is 1. The molecule has 0 amide bonds. The third kappa shape index (κ3) is 3.88. The summed E-state index contributed by atoms with van der Waals surface area (Å²) < 4.78 is 0. The number of hydrogen-bond acceptors (Lipinski definition) is 1. The molecule has 1 unspecified atom stereocenters. The van der Waals surface area contributed by atoms with E-state index in [-0.39, 0.29) is 6.42 Å². The molecule has 0 fully saturated rings. The lowest BCUT2D eigenvalue weighted by Crippen LogP contribution is -2.10. The normalized spacial score (nSPS) is 11.2. The zero-order valence-electron chi connectivity index (χ0n) is 10.7. The molecule has 0 heterocycles. The van der Waals surface area contributed by atoms with E-state index >= 15 is 0 Å². The average molecular weight is 285 g/mol.